The quantitative estimate of drug-likeness (QED) is 0.458. The van der Waals surface area contributed by atoms with Crippen LogP contribution in [0, 0.1) is 0 Å². The maximum atomic E-state index is 13.1. The highest BCUT2D eigenvalue weighted by atomic mass is 35.5. The number of hydrogen-bond acceptors (Lipinski definition) is 6. The first-order valence-electron chi connectivity index (χ1n) is 9.65. The number of esters is 1. The van der Waals surface area contributed by atoms with Crippen molar-refractivity contribution in [1.82, 2.24) is 0 Å². The smallest absolute Gasteiger partial charge is 0.341 e. The van der Waals surface area contributed by atoms with Crippen molar-refractivity contribution in [1.29, 1.82) is 0 Å². The summed E-state index contributed by atoms with van der Waals surface area (Å²) in [7, 11) is -2.17. The number of methoxy groups -OCH3 is 1. The molecule has 0 saturated carbocycles. The fraction of sp³-hybridized carbons (Fsp3) is 0.130. The molecule has 0 aromatic heterocycles. The number of carbonyl (C=O) groups excluding carboxylic acids is 2. The molecule has 0 spiro atoms. The molecule has 0 aliphatic carbocycles. The molecule has 3 aromatic rings. The van der Waals surface area contributed by atoms with E-state index in [-0.39, 0.29) is 11.3 Å². The Hall–Kier alpha value is -3.56. The summed E-state index contributed by atoms with van der Waals surface area (Å²) in [5.74, 6) is -1.06. The number of rotatable bonds is 8. The lowest BCUT2D eigenvalue weighted by Crippen LogP contribution is -2.26. The Morgan fingerprint density at radius 2 is 1.64 bits per heavy atom. The summed E-state index contributed by atoms with van der Waals surface area (Å²) >= 11 is 6.13. The normalized spacial score (nSPS) is 11.8. The van der Waals surface area contributed by atoms with Crippen molar-refractivity contribution in [2.75, 3.05) is 23.4 Å². The zero-order chi connectivity index (χ0) is 24.0. The van der Waals surface area contributed by atoms with Crippen LogP contribution in [0.3, 0.4) is 0 Å². The molecule has 0 aliphatic heterocycles. The van der Waals surface area contributed by atoms with E-state index in [0.29, 0.717) is 22.0 Å². The van der Waals surface area contributed by atoms with Gasteiger partial charge < -0.3 is 14.8 Å². The Kier molecular flexibility index (Phi) is 7.57. The van der Waals surface area contributed by atoms with Crippen molar-refractivity contribution >= 4 is 44.9 Å². The molecule has 1 unspecified atom stereocenters. The van der Waals surface area contributed by atoms with E-state index in [2.05, 4.69) is 10.0 Å². The van der Waals surface area contributed by atoms with Gasteiger partial charge in [0.15, 0.2) is 0 Å². The van der Waals surface area contributed by atoms with Crippen LogP contribution >= 0.6 is 11.6 Å². The fourth-order valence-electron chi connectivity index (χ4n) is 2.97. The molecular weight excluding hydrogens is 468 g/mol. The van der Waals surface area contributed by atoms with Gasteiger partial charge in [-0.25, -0.2) is 13.2 Å². The number of carbonyl (C=O) groups is 2. The van der Waals surface area contributed by atoms with Crippen LogP contribution in [0.2, 0.25) is 5.02 Å². The Morgan fingerprint density at radius 3 is 2.27 bits per heavy atom. The minimum atomic E-state index is -3.64. The molecule has 0 bridgehead atoms. The Bertz CT molecular complexity index is 1260. The number of hydrogen-bond donors (Lipinski definition) is 2. The lowest BCUT2D eigenvalue weighted by molar-refractivity contribution is -0.125. The van der Waals surface area contributed by atoms with Crippen LogP contribution in [0.15, 0.2) is 72.8 Å². The first kappa shape index (κ1) is 24.1. The van der Waals surface area contributed by atoms with Crippen LogP contribution in [-0.4, -0.2) is 33.7 Å². The zero-order valence-electron chi connectivity index (χ0n) is 17.7. The van der Waals surface area contributed by atoms with Gasteiger partial charge in [0, 0.05) is 11.3 Å². The van der Waals surface area contributed by atoms with Crippen LogP contribution in [0.25, 0.3) is 0 Å². The molecular formula is C23H21ClN2O6S. The molecule has 3 rings (SSSR count). The minimum absolute atomic E-state index is 0.0378. The predicted molar refractivity (Wildman–Crippen MR) is 126 cm³/mol. The SMILES string of the molecule is COc1ccc(NC(=O)C(OC(=O)c2ccccc2NS(C)(=O)=O)c2ccccc2)cc1Cl. The van der Waals surface area contributed by atoms with Crippen molar-refractivity contribution in [3.05, 3.63) is 88.9 Å². The van der Waals surface area contributed by atoms with Gasteiger partial charge in [-0.1, -0.05) is 54.1 Å². The molecule has 10 heteroatoms. The molecule has 2 N–H and O–H groups in total. The van der Waals surface area contributed by atoms with Crippen LogP contribution in [0.5, 0.6) is 5.75 Å². The number of para-hydroxylation sites is 1. The van der Waals surface area contributed by atoms with Crippen molar-refractivity contribution in [3.63, 3.8) is 0 Å². The van der Waals surface area contributed by atoms with E-state index in [0.717, 1.165) is 6.26 Å². The average Bonchev–Trinajstić information content (AvgIpc) is 2.77. The van der Waals surface area contributed by atoms with Crippen LogP contribution < -0.4 is 14.8 Å². The molecule has 0 fully saturated rings. The van der Waals surface area contributed by atoms with Crippen molar-refractivity contribution < 1.29 is 27.5 Å². The van der Waals surface area contributed by atoms with Gasteiger partial charge in [-0.05, 0) is 30.3 Å². The second-order valence-electron chi connectivity index (χ2n) is 6.95. The minimum Gasteiger partial charge on any atom is -0.495 e. The molecule has 1 amide bonds. The largest absolute Gasteiger partial charge is 0.495 e. The van der Waals surface area contributed by atoms with Crippen LogP contribution in [-0.2, 0) is 19.6 Å². The summed E-state index contributed by atoms with van der Waals surface area (Å²) in [5.41, 5.74) is 0.807. The maximum Gasteiger partial charge on any atom is 0.341 e. The molecule has 172 valence electrons. The Labute approximate surface area is 196 Å². The van der Waals surface area contributed by atoms with E-state index in [4.69, 9.17) is 21.1 Å². The number of sulfonamides is 1. The number of ether oxygens (including phenoxy) is 2. The number of nitrogens with one attached hydrogen (secondary N) is 2. The number of benzene rings is 3. The van der Waals surface area contributed by atoms with E-state index in [1.807, 2.05) is 0 Å². The standard InChI is InChI=1S/C23H21ClN2O6S/c1-31-20-13-12-16(14-18(20)24)25-22(27)21(15-8-4-3-5-9-15)32-23(28)17-10-6-7-11-19(17)26-33(2,29)30/h3-14,21,26H,1-2H3,(H,25,27). The van der Waals surface area contributed by atoms with Crippen LogP contribution in [0.1, 0.15) is 22.0 Å². The number of anilines is 2. The second-order valence-corrected chi connectivity index (χ2v) is 9.11. The first-order chi connectivity index (χ1) is 15.7. The summed E-state index contributed by atoms with van der Waals surface area (Å²) in [6, 6.07) is 19.1. The molecule has 3 aromatic carbocycles. The lowest BCUT2D eigenvalue weighted by Gasteiger charge is -2.19. The molecule has 8 nitrogen and oxygen atoms in total. The van der Waals surface area contributed by atoms with Gasteiger partial charge in [0.2, 0.25) is 16.1 Å². The van der Waals surface area contributed by atoms with Crippen molar-refractivity contribution in [3.8, 4) is 5.75 Å². The monoisotopic (exact) mass is 488 g/mol. The highest BCUT2D eigenvalue weighted by Crippen LogP contribution is 2.29. The van der Waals surface area contributed by atoms with Gasteiger partial charge in [0.05, 0.1) is 29.6 Å². The summed E-state index contributed by atoms with van der Waals surface area (Å²) in [4.78, 5) is 26.0. The van der Waals surface area contributed by atoms with Gasteiger partial charge in [0.25, 0.3) is 5.91 Å². The van der Waals surface area contributed by atoms with E-state index >= 15 is 0 Å². The summed E-state index contributed by atoms with van der Waals surface area (Å²) in [6.07, 6.45) is -0.346. The Balaban J connectivity index is 1.89. The van der Waals surface area contributed by atoms with Crippen molar-refractivity contribution in [2.45, 2.75) is 6.10 Å². The third-order valence-corrected chi connectivity index (χ3v) is 5.31. The molecule has 0 heterocycles. The summed E-state index contributed by atoms with van der Waals surface area (Å²) in [5, 5.41) is 2.97. The molecule has 0 radical (unpaired) electrons. The molecule has 1 atom stereocenters. The summed E-state index contributed by atoms with van der Waals surface area (Å²) in [6.45, 7) is 0. The number of amides is 1. The molecule has 33 heavy (non-hydrogen) atoms. The third-order valence-electron chi connectivity index (χ3n) is 4.43. The van der Waals surface area contributed by atoms with E-state index < -0.39 is 28.0 Å². The first-order valence-corrected chi connectivity index (χ1v) is 11.9. The molecule has 0 aliphatic rings. The van der Waals surface area contributed by atoms with E-state index in [1.165, 1.54) is 25.3 Å². The topological polar surface area (TPSA) is 111 Å². The maximum absolute atomic E-state index is 13.1. The van der Waals surface area contributed by atoms with E-state index in [1.54, 1.807) is 54.6 Å². The van der Waals surface area contributed by atoms with Gasteiger partial charge >= 0.3 is 5.97 Å². The second kappa shape index (κ2) is 10.4. The predicted octanol–water partition coefficient (Wildman–Crippen LogP) is 4.26. The fourth-order valence-corrected chi connectivity index (χ4v) is 3.81. The highest BCUT2D eigenvalue weighted by molar-refractivity contribution is 7.92. The van der Waals surface area contributed by atoms with E-state index in [9.17, 15) is 18.0 Å². The van der Waals surface area contributed by atoms with Gasteiger partial charge in [0.1, 0.15) is 5.75 Å². The van der Waals surface area contributed by atoms with Crippen LogP contribution in [0.4, 0.5) is 11.4 Å². The Morgan fingerprint density at radius 1 is 0.970 bits per heavy atom. The zero-order valence-corrected chi connectivity index (χ0v) is 19.3. The van der Waals surface area contributed by atoms with Gasteiger partial charge in [-0.3, -0.25) is 9.52 Å². The third kappa shape index (κ3) is 6.47. The lowest BCUT2D eigenvalue weighted by atomic mass is 10.1. The number of halogens is 1. The molecule has 0 saturated heterocycles. The van der Waals surface area contributed by atoms with Gasteiger partial charge in [-0.15, -0.1) is 0 Å². The van der Waals surface area contributed by atoms with Crippen molar-refractivity contribution in [2.24, 2.45) is 0 Å². The summed E-state index contributed by atoms with van der Waals surface area (Å²) < 4.78 is 36.2. The highest BCUT2D eigenvalue weighted by Gasteiger charge is 2.27. The average molecular weight is 489 g/mol. The van der Waals surface area contributed by atoms with Gasteiger partial charge in [-0.2, -0.15) is 0 Å².